The molecule has 0 unspecified atom stereocenters. The summed E-state index contributed by atoms with van der Waals surface area (Å²) >= 11 is 0. The number of hydrogen-bond acceptors (Lipinski definition) is 4. The SMILES string of the molecule is CCOc1cc2c(cc1OCC)CN(C(=O)COc1cccc(C)c1)CC2. The van der Waals surface area contributed by atoms with Crippen LogP contribution in [0.1, 0.15) is 30.5 Å². The van der Waals surface area contributed by atoms with E-state index in [1.807, 2.05) is 56.0 Å². The zero-order chi connectivity index (χ0) is 19.2. The number of rotatable bonds is 7. The first kappa shape index (κ1) is 19.1. The van der Waals surface area contributed by atoms with Gasteiger partial charge >= 0.3 is 0 Å². The van der Waals surface area contributed by atoms with E-state index in [0.717, 1.165) is 34.8 Å². The first-order valence-electron chi connectivity index (χ1n) is 9.49. The molecule has 0 spiro atoms. The molecule has 1 amide bonds. The third-order valence-corrected chi connectivity index (χ3v) is 4.58. The molecular formula is C22H27NO4. The van der Waals surface area contributed by atoms with Crippen LogP contribution in [0.3, 0.4) is 0 Å². The Bertz CT molecular complexity index is 803. The molecule has 1 heterocycles. The van der Waals surface area contributed by atoms with Crippen molar-refractivity contribution in [2.45, 2.75) is 33.7 Å². The van der Waals surface area contributed by atoms with Gasteiger partial charge in [0.15, 0.2) is 18.1 Å². The van der Waals surface area contributed by atoms with Crippen LogP contribution in [0.4, 0.5) is 0 Å². The second kappa shape index (κ2) is 8.80. The van der Waals surface area contributed by atoms with Gasteiger partial charge in [-0.15, -0.1) is 0 Å². The molecule has 0 aromatic heterocycles. The lowest BCUT2D eigenvalue weighted by molar-refractivity contribution is -0.134. The predicted molar refractivity (Wildman–Crippen MR) is 105 cm³/mol. The quantitative estimate of drug-likeness (QED) is 0.746. The van der Waals surface area contributed by atoms with Crippen molar-refractivity contribution in [1.29, 1.82) is 0 Å². The molecular weight excluding hydrogens is 342 g/mol. The topological polar surface area (TPSA) is 48.0 Å². The maximum absolute atomic E-state index is 12.6. The van der Waals surface area contributed by atoms with Crippen molar-refractivity contribution in [3.63, 3.8) is 0 Å². The molecule has 0 N–H and O–H groups in total. The van der Waals surface area contributed by atoms with Crippen LogP contribution in [-0.2, 0) is 17.8 Å². The number of carbonyl (C=O) groups is 1. The van der Waals surface area contributed by atoms with E-state index >= 15 is 0 Å². The van der Waals surface area contributed by atoms with Gasteiger partial charge in [-0.05, 0) is 68.1 Å². The number of benzene rings is 2. The summed E-state index contributed by atoms with van der Waals surface area (Å²) in [6.07, 6.45) is 0.804. The van der Waals surface area contributed by atoms with Crippen molar-refractivity contribution in [2.75, 3.05) is 26.4 Å². The Balaban J connectivity index is 1.67. The average Bonchev–Trinajstić information content (AvgIpc) is 2.66. The minimum Gasteiger partial charge on any atom is -0.490 e. The zero-order valence-electron chi connectivity index (χ0n) is 16.3. The Morgan fingerprint density at radius 2 is 1.70 bits per heavy atom. The lowest BCUT2D eigenvalue weighted by Crippen LogP contribution is -2.38. The van der Waals surface area contributed by atoms with Crippen molar-refractivity contribution in [3.8, 4) is 17.2 Å². The van der Waals surface area contributed by atoms with E-state index in [1.165, 1.54) is 5.56 Å². The van der Waals surface area contributed by atoms with Crippen LogP contribution in [0.15, 0.2) is 36.4 Å². The summed E-state index contributed by atoms with van der Waals surface area (Å²) in [5.41, 5.74) is 3.43. The third kappa shape index (κ3) is 4.73. The number of nitrogens with zero attached hydrogens (tertiary/aromatic N) is 1. The molecule has 0 atom stereocenters. The van der Waals surface area contributed by atoms with Gasteiger partial charge in [0.1, 0.15) is 5.75 Å². The van der Waals surface area contributed by atoms with Crippen LogP contribution in [-0.4, -0.2) is 37.2 Å². The summed E-state index contributed by atoms with van der Waals surface area (Å²) in [6.45, 7) is 8.39. The highest BCUT2D eigenvalue weighted by Crippen LogP contribution is 2.34. The first-order chi connectivity index (χ1) is 13.1. The lowest BCUT2D eigenvalue weighted by Gasteiger charge is -2.29. The van der Waals surface area contributed by atoms with Gasteiger partial charge in [-0.3, -0.25) is 4.79 Å². The van der Waals surface area contributed by atoms with Gasteiger partial charge in [0.05, 0.1) is 13.2 Å². The number of aryl methyl sites for hydroxylation is 1. The van der Waals surface area contributed by atoms with Crippen molar-refractivity contribution >= 4 is 5.91 Å². The Morgan fingerprint density at radius 1 is 1.00 bits per heavy atom. The average molecular weight is 369 g/mol. The third-order valence-electron chi connectivity index (χ3n) is 4.58. The molecule has 0 radical (unpaired) electrons. The van der Waals surface area contributed by atoms with Crippen LogP contribution in [0.25, 0.3) is 0 Å². The summed E-state index contributed by atoms with van der Waals surface area (Å²) in [7, 11) is 0. The highest BCUT2D eigenvalue weighted by atomic mass is 16.5. The van der Waals surface area contributed by atoms with Crippen LogP contribution >= 0.6 is 0 Å². The van der Waals surface area contributed by atoms with Crippen LogP contribution in [0.2, 0.25) is 0 Å². The molecule has 0 saturated heterocycles. The largest absolute Gasteiger partial charge is 0.490 e. The summed E-state index contributed by atoms with van der Waals surface area (Å²) in [4.78, 5) is 14.4. The van der Waals surface area contributed by atoms with Crippen molar-refractivity contribution in [2.24, 2.45) is 0 Å². The molecule has 1 aliphatic heterocycles. The standard InChI is InChI=1S/C22H27NO4/c1-4-25-20-12-17-9-10-23(14-18(17)13-21(20)26-5-2)22(24)15-27-19-8-6-7-16(3)11-19/h6-8,11-13H,4-5,9-10,14-15H2,1-3H3. The van der Waals surface area contributed by atoms with Crippen molar-refractivity contribution in [1.82, 2.24) is 4.90 Å². The normalized spacial score (nSPS) is 13.1. The van der Waals surface area contributed by atoms with E-state index in [4.69, 9.17) is 14.2 Å². The summed E-state index contributed by atoms with van der Waals surface area (Å²) in [5, 5.41) is 0. The Morgan fingerprint density at radius 3 is 2.37 bits per heavy atom. The van der Waals surface area contributed by atoms with E-state index in [2.05, 4.69) is 6.07 Å². The smallest absolute Gasteiger partial charge is 0.260 e. The summed E-state index contributed by atoms with van der Waals surface area (Å²) in [6, 6.07) is 11.8. The van der Waals surface area contributed by atoms with E-state index < -0.39 is 0 Å². The highest BCUT2D eigenvalue weighted by molar-refractivity contribution is 5.78. The number of hydrogen-bond donors (Lipinski definition) is 0. The molecule has 0 bridgehead atoms. The maximum atomic E-state index is 12.6. The molecule has 3 rings (SSSR count). The zero-order valence-corrected chi connectivity index (χ0v) is 16.3. The Hall–Kier alpha value is -2.69. The molecule has 0 fully saturated rings. The fraction of sp³-hybridized carbons (Fsp3) is 0.409. The molecule has 5 nitrogen and oxygen atoms in total. The molecule has 5 heteroatoms. The molecule has 2 aromatic rings. The van der Waals surface area contributed by atoms with Gasteiger partial charge in [-0.1, -0.05) is 12.1 Å². The molecule has 144 valence electrons. The molecule has 1 aliphatic rings. The number of carbonyl (C=O) groups excluding carboxylic acids is 1. The molecule has 0 aliphatic carbocycles. The molecule has 0 saturated carbocycles. The molecule has 2 aromatic carbocycles. The predicted octanol–water partition coefficient (Wildman–Crippen LogP) is 3.76. The second-order valence-electron chi connectivity index (χ2n) is 6.60. The van der Waals surface area contributed by atoms with Gasteiger partial charge < -0.3 is 19.1 Å². The minimum absolute atomic E-state index is 0.00555. The fourth-order valence-electron chi connectivity index (χ4n) is 3.26. The highest BCUT2D eigenvalue weighted by Gasteiger charge is 2.23. The second-order valence-corrected chi connectivity index (χ2v) is 6.60. The number of ether oxygens (including phenoxy) is 3. The van der Waals surface area contributed by atoms with Gasteiger partial charge in [0.25, 0.3) is 5.91 Å². The van der Waals surface area contributed by atoms with E-state index in [-0.39, 0.29) is 12.5 Å². The summed E-state index contributed by atoms with van der Waals surface area (Å²) < 4.78 is 17.1. The first-order valence-corrected chi connectivity index (χ1v) is 9.49. The van der Waals surface area contributed by atoms with Crippen molar-refractivity contribution in [3.05, 3.63) is 53.1 Å². The van der Waals surface area contributed by atoms with E-state index in [9.17, 15) is 4.79 Å². The Labute approximate surface area is 160 Å². The number of fused-ring (bicyclic) bond motifs is 1. The fourth-order valence-corrected chi connectivity index (χ4v) is 3.26. The van der Waals surface area contributed by atoms with Crippen molar-refractivity contribution < 1.29 is 19.0 Å². The van der Waals surface area contributed by atoms with Gasteiger partial charge in [-0.2, -0.15) is 0 Å². The minimum atomic E-state index is -0.00555. The maximum Gasteiger partial charge on any atom is 0.260 e. The van der Waals surface area contributed by atoms with E-state index in [0.29, 0.717) is 26.3 Å². The van der Waals surface area contributed by atoms with E-state index in [1.54, 1.807) is 0 Å². The van der Waals surface area contributed by atoms with Gasteiger partial charge in [0, 0.05) is 13.1 Å². The van der Waals surface area contributed by atoms with Crippen LogP contribution in [0.5, 0.6) is 17.2 Å². The van der Waals surface area contributed by atoms with Crippen LogP contribution < -0.4 is 14.2 Å². The lowest BCUT2D eigenvalue weighted by atomic mass is 9.98. The monoisotopic (exact) mass is 369 g/mol. The Kier molecular flexibility index (Phi) is 6.22. The summed E-state index contributed by atoms with van der Waals surface area (Å²) in [5.74, 6) is 2.24. The van der Waals surface area contributed by atoms with Gasteiger partial charge in [-0.25, -0.2) is 0 Å². The number of amides is 1. The van der Waals surface area contributed by atoms with Gasteiger partial charge in [0.2, 0.25) is 0 Å². The molecule has 27 heavy (non-hydrogen) atoms. The van der Waals surface area contributed by atoms with Crippen LogP contribution in [0, 0.1) is 6.92 Å².